The summed E-state index contributed by atoms with van der Waals surface area (Å²) in [6.07, 6.45) is 8.90. The summed E-state index contributed by atoms with van der Waals surface area (Å²) in [7, 11) is 2.06. The van der Waals surface area contributed by atoms with Crippen molar-refractivity contribution in [1.82, 2.24) is 10.3 Å². The predicted molar refractivity (Wildman–Crippen MR) is 87.5 cm³/mol. The number of hydrogen-bond acceptors (Lipinski definition) is 2. The number of aryl methyl sites for hydroxylation is 2. The number of pyridine rings is 1. The maximum absolute atomic E-state index is 4.31. The molecule has 2 atom stereocenters. The Balaban J connectivity index is 1.84. The van der Waals surface area contributed by atoms with Crippen molar-refractivity contribution in [1.29, 1.82) is 0 Å². The maximum Gasteiger partial charge on any atom is 0.0341 e. The molecule has 1 aliphatic rings. The Morgan fingerprint density at radius 3 is 2.95 bits per heavy atom. The van der Waals surface area contributed by atoms with E-state index in [0.29, 0.717) is 12.0 Å². The van der Waals surface area contributed by atoms with Gasteiger partial charge in [0, 0.05) is 18.4 Å². The fourth-order valence-electron chi connectivity index (χ4n) is 3.63. The molecule has 21 heavy (non-hydrogen) atoms. The van der Waals surface area contributed by atoms with E-state index in [0.717, 1.165) is 6.42 Å². The number of rotatable bonds is 4. The van der Waals surface area contributed by atoms with E-state index in [-0.39, 0.29) is 0 Å². The van der Waals surface area contributed by atoms with Crippen LogP contribution in [0.1, 0.15) is 53.5 Å². The summed E-state index contributed by atoms with van der Waals surface area (Å²) < 4.78 is 0. The van der Waals surface area contributed by atoms with Crippen LogP contribution in [-0.4, -0.2) is 12.0 Å². The summed E-state index contributed by atoms with van der Waals surface area (Å²) in [6, 6.07) is 11.5. The summed E-state index contributed by atoms with van der Waals surface area (Å²) in [5, 5.41) is 3.50. The first kappa shape index (κ1) is 14.3. The second-order valence-electron chi connectivity index (χ2n) is 6.10. The SMILES string of the molecule is CNC(CC1CCCc2ccccc21)c1cnccc1C. The molecule has 0 saturated heterocycles. The molecule has 2 nitrogen and oxygen atoms in total. The molecule has 0 fully saturated rings. The zero-order valence-corrected chi connectivity index (χ0v) is 13.0. The molecule has 0 radical (unpaired) electrons. The van der Waals surface area contributed by atoms with E-state index in [1.54, 1.807) is 11.1 Å². The summed E-state index contributed by atoms with van der Waals surface area (Å²) in [4.78, 5) is 4.31. The lowest BCUT2D eigenvalue weighted by molar-refractivity contribution is 0.438. The number of nitrogens with one attached hydrogen (secondary N) is 1. The van der Waals surface area contributed by atoms with E-state index in [2.05, 4.69) is 54.6 Å². The number of nitrogens with zero attached hydrogens (tertiary/aromatic N) is 1. The van der Waals surface area contributed by atoms with Gasteiger partial charge in [0.05, 0.1) is 0 Å². The molecule has 0 amide bonds. The molecule has 1 heterocycles. The largest absolute Gasteiger partial charge is 0.313 e. The minimum atomic E-state index is 0.384. The van der Waals surface area contributed by atoms with E-state index in [9.17, 15) is 0 Å². The molecule has 1 aliphatic carbocycles. The lowest BCUT2D eigenvalue weighted by Gasteiger charge is -2.29. The highest BCUT2D eigenvalue weighted by atomic mass is 14.9. The molecule has 3 rings (SSSR count). The van der Waals surface area contributed by atoms with Crippen LogP contribution in [0.2, 0.25) is 0 Å². The van der Waals surface area contributed by atoms with Crippen LogP contribution in [-0.2, 0) is 6.42 Å². The molecule has 0 aliphatic heterocycles. The molecule has 1 aromatic carbocycles. The van der Waals surface area contributed by atoms with Gasteiger partial charge >= 0.3 is 0 Å². The quantitative estimate of drug-likeness (QED) is 0.909. The van der Waals surface area contributed by atoms with Gasteiger partial charge in [-0.05, 0) is 73.9 Å². The van der Waals surface area contributed by atoms with Crippen molar-refractivity contribution in [2.24, 2.45) is 0 Å². The Labute approximate surface area is 127 Å². The Kier molecular flexibility index (Phi) is 4.35. The monoisotopic (exact) mass is 280 g/mol. The zero-order chi connectivity index (χ0) is 14.7. The van der Waals surface area contributed by atoms with Crippen molar-refractivity contribution >= 4 is 0 Å². The molecule has 0 spiro atoms. The summed E-state index contributed by atoms with van der Waals surface area (Å²) >= 11 is 0. The van der Waals surface area contributed by atoms with Crippen molar-refractivity contribution in [3.63, 3.8) is 0 Å². The van der Waals surface area contributed by atoms with E-state index in [4.69, 9.17) is 0 Å². The van der Waals surface area contributed by atoms with Gasteiger partial charge in [0.15, 0.2) is 0 Å². The van der Waals surface area contributed by atoms with E-state index in [1.807, 2.05) is 12.4 Å². The van der Waals surface area contributed by atoms with Crippen LogP contribution >= 0.6 is 0 Å². The molecule has 0 saturated carbocycles. The van der Waals surface area contributed by atoms with Crippen molar-refractivity contribution in [3.05, 3.63) is 65.0 Å². The summed E-state index contributed by atoms with van der Waals surface area (Å²) in [5.74, 6) is 0.659. The van der Waals surface area contributed by atoms with Crippen molar-refractivity contribution < 1.29 is 0 Å². The smallest absolute Gasteiger partial charge is 0.0341 e. The molecular formula is C19H24N2. The normalized spacial score (nSPS) is 19.0. The maximum atomic E-state index is 4.31. The third-order valence-corrected chi connectivity index (χ3v) is 4.82. The van der Waals surface area contributed by atoms with Crippen molar-refractivity contribution in [2.45, 2.75) is 44.6 Å². The lowest BCUT2D eigenvalue weighted by Crippen LogP contribution is -2.22. The van der Waals surface area contributed by atoms with Crippen LogP contribution in [0.25, 0.3) is 0 Å². The van der Waals surface area contributed by atoms with Crippen LogP contribution in [0.15, 0.2) is 42.7 Å². The van der Waals surface area contributed by atoms with Crippen LogP contribution < -0.4 is 5.32 Å². The Hall–Kier alpha value is -1.67. The third kappa shape index (κ3) is 3.01. The van der Waals surface area contributed by atoms with E-state index >= 15 is 0 Å². The standard InChI is InChI=1S/C19H24N2/c1-14-10-11-21-13-18(14)19(20-2)12-16-8-5-7-15-6-3-4-9-17(15)16/h3-4,6,9-11,13,16,19-20H,5,7-8,12H2,1-2H3. The van der Waals surface area contributed by atoms with Crippen molar-refractivity contribution in [2.75, 3.05) is 7.05 Å². The number of fused-ring (bicyclic) bond motifs is 1. The third-order valence-electron chi connectivity index (χ3n) is 4.82. The zero-order valence-electron chi connectivity index (χ0n) is 13.0. The van der Waals surface area contributed by atoms with Gasteiger partial charge in [-0.1, -0.05) is 24.3 Å². The lowest BCUT2D eigenvalue weighted by atomic mass is 9.78. The van der Waals surface area contributed by atoms with E-state index < -0.39 is 0 Å². The average Bonchev–Trinajstić information content (AvgIpc) is 2.53. The highest BCUT2D eigenvalue weighted by Crippen LogP contribution is 2.37. The van der Waals surface area contributed by atoms with Gasteiger partial charge in [0.25, 0.3) is 0 Å². The van der Waals surface area contributed by atoms with Gasteiger partial charge < -0.3 is 5.32 Å². The summed E-state index contributed by atoms with van der Waals surface area (Å²) in [5.41, 5.74) is 5.77. The van der Waals surface area contributed by atoms with Gasteiger partial charge in [-0.25, -0.2) is 0 Å². The predicted octanol–water partition coefficient (Wildman–Crippen LogP) is 4.16. The second-order valence-corrected chi connectivity index (χ2v) is 6.10. The molecule has 1 aromatic heterocycles. The van der Waals surface area contributed by atoms with Crippen LogP contribution in [0.4, 0.5) is 0 Å². The van der Waals surface area contributed by atoms with Crippen molar-refractivity contribution in [3.8, 4) is 0 Å². The number of hydrogen-bond donors (Lipinski definition) is 1. The average molecular weight is 280 g/mol. The highest BCUT2D eigenvalue weighted by Gasteiger charge is 2.24. The van der Waals surface area contributed by atoms with Gasteiger partial charge in [0.1, 0.15) is 0 Å². The topological polar surface area (TPSA) is 24.9 Å². The number of aromatic nitrogens is 1. The Morgan fingerprint density at radius 1 is 1.29 bits per heavy atom. The molecule has 2 heteroatoms. The first-order chi connectivity index (χ1) is 10.3. The van der Waals surface area contributed by atoms with Gasteiger partial charge in [-0.15, -0.1) is 0 Å². The Morgan fingerprint density at radius 2 is 2.14 bits per heavy atom. The van der Waals surface area contributed by atoms with Gasteiger partial charge in [-0.2, -0.15) is 0 Å². The molecular weight excluding hydrogens is 256 g/mol. The van der Waals surface area contributed by atoms with Crippen LogP contribution in [0, 0.1) is 6.92 Å². The highest BCUT2D eigenvalue weighted by molar-refractivity contribution is 5.33. The fourth-order valence-corrected chi connectivity index (χ4v) is 3.63. The molecule has 1 N–H and O–H groups in total. The first-order valence-electron chi connectivity index (χ1n) is 7.95. The van der Waals surface area contributed by atoms with Gasteiger partial charge in [-0.3, -0.25) is 4.98 Å². The minimum absolute atomic E-state index is 0.384. The molecule has 110 valence electrons. The van der Waals surface area contributed by atoms with E-state index in [1.165, 1.54) is 30.4 Å². The van der Waals surface area contributed by atoms with Crippen LogP contribution in [0.5, 0.6) is 0 Å². The van der Waals surface area contributed by atoms with Gasteiger partial charge in [0.2, 0.25) is 0 Å². The fraction of sp³-hybridized carbons (Fsp3) is 0.421. The minimum Gasteiger partial charge on any atom is -0.313 e. The number of benzene rings is 1. The summed E-state index contributed by atoms with van der Waals surface area (Å²) in [6.45, 7) is 2.18. The molecule has 0 bridgehead atoms. The molecule has 2 aromatic rings. The first-order valence-corrected chi connectivity index (χ1v) is 7.95. The van der Waals surface area contributed by atoms with Crippen LogP contribution in [0.3, 0.4) is 0 Å². The Bertz CT molecular complexity index is 606. The molecule has 2 unspecified atom stereocenters. The second kappa shape index (κ2) is 6.40.